The van der Waals surface area contributed by atoms with Gasteiger partial charge in [0.1, 0.15) is 0 Å². The van der Waals surface area contributed by atoms with Crippen molar-refractivity contribution < 1.29 is 14.7 Å². The number of carboxylic acid groups (broad SMARTS) is 1. The van der Waals surface area contributed by atoms with Crippen molar-refractivity contribution in [2.24, 2.45) is 5.41 Å². The summed E-state index contributed by atoms with van der Waals surface area (Å²) in [4.78, 5) is 24.2. The molecule has 20 heavy (non-hydrogen) atoms. The average Bonchev–Trinajstić information content (AvgIpc) is 2.71. The molecular weight excluding hydrogens is 274 g/mol. The van der Waals surface area contributed by atoms with Gasteiger partial charge in [0, 0.05) is 11.0 Å². The average molecular weight is 295 g/mol. The van der Waals surface area contributed by atoms with Crippen LogP contribution in [0.1, 0.15) is 38.1 Å². The maximum Gasteiger partial charge on any atom is 0.311 e. The van der Waals surface area contributed by atoms with Crippen LogP contribution in [-0.4, -0.2) is 22.5 Å². The van der Waals surface area contributed by atoms with Crippen LogP contribution in [0.2, 0.25) is 0 Å². The molecule has 1 aromatic heterocycles. The van der Waals surface area contributed by atoms with Crippen LogP contribution in [0.25, 0.3) is 6.08 Å². The highest BCUT2D eigenvalue weighted by molar-refractivity contribution is 7.11. The molecule has 1 amide bonds. The lowest BCUT2D eigenvalue weighted by molar-refractivity contribution is -0.151. The predicted octanol–water partition coefficient (Wildman–Crippen LogP) is 3.08. The SMILES string of the molecule is Cc1ccsc1C=CC(=O)NC(C)(C)C(C)(C)C(=O)O. The summed E-state index contributed by atoms with van der Waals surface area (Å²) in [6.07, 6.45) is 3.19. The number of aliphatic carboxylic acids is 1. The Morgan fingerprint density at radius 1 is 1.30 bits per heavy atom. The summed E-state index contributed by atoms with van der Waals surface area (Å²) in [5.41, 5.74) is -0.802. The Morgan fingerprint density at radius 3 is 2.35 bits per heavy atom. The van der Waals surface area contributed by atoms with Crippen molar-refractivity contribution in [3.63, 3.8) is 0 Å². The van der Waals surface area contributed by atoms with E-state index in [2.05, 4.69) is 5.32 Å². The van der Waals surface area contributed by atoms with E-state index in [9.17, 15) is 14.7 Å². The van der Waals surface area contributed by atoms with Crippen LogP contribution in [0.5, 0.6) is 0 Å². The molecule has 0 saturated carbocycles. The number of hydrogen-bond donors (Lipinski definition) is 2. The zero-order valence-corrected chi connectivity index (χ0v) is 13.3. The molecule has 0 aliphatic carbocycles. The zero-order valence-electron chi connectivity index (χ0n) is 12.5. The van der Waals surface area contributed by atoms with Gasteiger partial charge in [0.2, 0.25) is 5.91 Å². The molecule has 1 heterocycles. The van der Waals surface area contributed by atoms with Crippen molar-refractivity contribution in [1.29, 1.82) is 0 Å². The van der Waals surface area contributed by atoms with Gasteiger partial charge in [-0.2, -0.15) is 0 Å². The van der Waals surface area contributed by atoms with Crippen LogP contribution in [0.4, 0.5) is 0 Å². The smallest absolute Gasteiger partial charge is 0.311 e. The Kier molecular flexibility index (Phi) is 4.76. The Hall–Kier alpha value is -1.62. The normalized spacial score (nSPS) is 12.7. The highest BCUT2D eigenvalue weighted by atomic mass is 32.1. The van der Waals surface area contributed by atoms with Crippen LogP contribution >= 0.6 is 11.3 Å². The van der Waals surface area contributed by atoms with Gasteiger partial charge in [-0.3, -0.25) is 9.59 Å². The first-order valence-electron chi connectivity index (χ1n) is 6.35. The summed E-state index contributed by atoms with van der Waals surface area (Å²) in [6.45, 7) is 8.60. The lowest BCUT2D eigenvalue weighted by Gasteiger charge is -2.38. The van der Waals surface area contributed by atoms with Crippen molar-refractivity contribution in [2.45, 2.75) is 40.2 Å². The summed E-state index contributed by atoms with van der Waals surface area (Å²) >= 11 is 1.56. The molecule has 0 unspecified atom stereocenters. The molecule has 0 bridgehead atoms. The van der Waals surface area contributed by atoms with E-state index in [-0.39, 0.29) is 5.91 Å². The van der Waals surface area contributed by atoms with E-state index in [1.165, 1.54) is 6.08 Å². The minimum atomic E-state index is -1.06. The third-order valence-electron chi connectivity index (χ3n) is 3.82. The minimum absolute atomic E-state index is 0.294. The molecular formula is C15H21NO3S. The number of carboxylic acids is 1. The summed E-state index contributed by atoms with van der Waals surface area (Å²) in [5.74, 6) is -1.24. The standard InChI is InChI=1S/C15H21NO3S/c1-10-8-9-20-11(10)6-7-12(17)16-15(4,5)14(2,3)13(18)19/h6-9H,1-5H3,(H,16,17)(H,18,19). The second-order valence-corrected chi connectivity index (χ2v) is 6.79. The van der Waals surface area contributed by atoms with Crippen LogP contribution in [0, 0.1) is 12.3 Å². The number of rotatable bonds is 5. The minimum Gasteiger partial charge on any atom is -0.481 e. The number of thiophene rings is 1. The molecule has 0 saturated heterocycles. The topological polar surface area (TPSA) is 66.4 Å². The molecule has 4 nitrogen and oxygen atoms in total. The molecule has 0 aliphatic heterocycles. The molecule has 5 heteroatoms. The largest absolute Gasteiger partial charge is 0.481 e. The maximum absolute atomic E-state index is 11.9. The fraction of sp³-hybridized carbons (Fsp3) is 0.467. The number of nitrogens with one attached hydrogen (secondary N) is 1. The van der Waals surface area contributed by atoms with Crippen LogP contribution in [0.15, 0.2) is 17.5 Å². The first kappa shape index (κ1) is 16.4. The van der Waals surface area contributed by atoms with E-state index in [1.807, 2.05) is 18.4 Å². The molecule has 2 N–H and O–H groups in total. The summed E-state index contributed by atoms with van der Waals surface area (Å²) in [7, 11) is 0. The fourth-order valence-corrected chi connectivity index (χ4v) is 2.30. The van der Waals surface area contributed by atoms with Crippen LogP contribution in [0.3, 0.4) is 0 Å². The molecule has 110 valence electrons. The van der Waals surface area contributed by atoms with Gasteiger partial charge in [0.25, 0.3) is 0 Å². The first-order valence-corrected chi connectivity index (χ1v) is 7.23. The molecule has 0 aliphatic rings. The molecule has 0 atom stereocenters. The van der Waals surface area contributed by atoms with Crippen molar-refractivity contribution >= 4 is 29.3 Å². The highest BCUT2D eigenvalue weighted by Gasteiger charge is 2.44. The van der Waals surface area contributed by atoms with Gasteiger partial charge in [-0.05, 0) is 57.7 Å². The highest BCUT2D eigenvalue weighted by Crippen LogP contribution is 2.30. The third kappa shape index (κ3) is 3.48. The number of carbonyl (C=O) groups is 2. The Bertz CT molecular complexity index is 541. The van der Waals surface area contributed by atoms with E-state index in [4.69, 9.17) is 0 Å². The van der Waals surface area contributed by atoms with Gasteiger partial charge in [-0.1, -0.05) is 0 Å². The van der Waals surface area contributed by atoms with Gasteiger partial charge in [0.05, 0.1) is 11.0 Å². The molecule has 1 aromatic rings. The second-order valence-electron chi connectivity index (χ2n) is 5.85. The maximum atomic E-state index is 11.9. The number of hydrogen-bond acceptors (Lipinski definition) is 3. The summed E-state index contributed by atoms with van der Waals surface area (Å²) < 4.78 is 0. The fourth-order valence-electron chi connectivity index (χ4n) is 1.48. The monoisotopic (exact) mass is 295 g/mol. The van der Waals surface area contributed by atoms with Gasteiger partial charge in [-0.25, -0.2) is 0 Å². The molecule has 0 aromatic carbocycles. The second kappa shape index (κ2) is 5.79. The van der Waals surface area contributed by atoms with Gasteiger partial charge in [0.15, 0.2) is 0 Å². The van der Waals surface area contributed by atoms with E-state index in [0.29, 0.717) is 0 Å². The molecule has 0 spiro atoms. The van der Waals surface area contributed by atoms with Crippen molar-refractivity contribution in [2.75, 3.05) is 0 Å². The van der Waals surface area contributed by atoms with Crippen molar-refractivity contribution in [3.8, 4) is 0 Å². The Labute approximate surface area is 123 Å². The number of amides is 1. The van der Waals surface area contributed by atoms with E-state index in [0.717, 1.165) is 10.4 Å². The molecule has 0 fully saturated rings. The summed E-state index contributed by atoms with van der Waals surface area (Å²) in [5, 5.41) is 14.0. The third-order valence-corrected chi connectivity index (χ3v) is 4.80. The lowest BCUT2D eigenvalue weighted by atomic mass is 9.74. The predicted molar refractivity (Wildman–Crippen MR) is 81.7 cm³/mol. The number of aryl methyl sites for hydroxylation is 1. The van der Waals surface area contributed by atoms with Gasteiger partial charge < -0.3 is 10.4 Å². The van der Waals surface area contributed by atoms with Crippen molar-refractivity contribution in [1.82, 2.24) is 5.32 Å². The quantitative estimate of drug-likeness (QED) is 0.820. The van der Waals surface area contributed by atoms with Crippen molar-refractivity contribution in [3.05, 3.63) is 28.0 Å². The van der Waals surface area contributed by atoms with Crippen LogP contribution < -0.4 is 5.32 Å². The zero-order chi connectivity index (χ0) is 15.6. The Morgan fingerprint density at radius 2 is 1.90 bits per heavy atom. The Balaban J connectivity index is 2.78. The number of carbonyl (C=O) groups excluding carboxylic acids is 1. The van der Waals surface area contributed by atoms with E-state index in [1.54, 1.807) is 45.1 Å². The van der Waals surface area contributed by atoms with Crippen LogP contribution in [-0.2, 0) is 9.59 Å². The van der Waals surface area contributed by atoms with Gasteiger partial charge >= 0.3 is 5.97 Å². The summed E-state index contributed by atoms with van der Waals surface area (Å²) in [6, 6.07) is 1.99. The first-order chi connectivity index (χ1) is 9.08. The lowest BCUT2D eigenvalue weighted by Crippen LogP contribution is -2.56. The molecule has 0 radical (unpaired) electrons. The molecule has 1 rings (SSSR count). The van der Waals surface area contributed by atoms with Gasteiger partial charge in [-0.15, -0.1) is 11.3 Å². The van der Waals surface area contributed by atoms with E-state index < -0.39 is 16.9 Å². The van der Waals surface area contributed by atoms with E-state index >= 15 is 0 Å².